The molecule has 5 rings (SSSR count). The second kappa shape index (κ2) is 15.9. The molecular weight excluding hydrogens is 559 g/mol. The van der Waals surface area contributed by atoms with Crippen LogP contribution in [0.15, 0.2) is 121 Å². The Labute approximate surface area is 254 Å². The van der Waals surface area contributed by atoms with Gasteiger partial charge >= 0.3 is 0 Å². The van der Waals surface area contributed by atoms with Gasteiger partial charge in [-0.2, -0.15) is 0 Å². The number of aryl methyl sites for hydroxylation is 1. The number of aldehydes is 1. The zero-order chi connectivity index (χ0) is 29.7. The van der Waals surface area contributed by atoms with Crippen molar-refractivity contribution in [1.29, 1.82) is 0 Å². The Morgan fingerprint density at radius 1 is 0.628 bits per heavy atom. The van der Waals surface area contributed by atoms with Crippen molar-refractivity contribution < 1.29 is 28.1 Å². The highest BCUT2D eigenvalue weighted by molar-refractivity contribution is 7.60. The number of hydrogen-bond donors (Lipinski definition) is 0. The molecule has 5 atom stereocenters. The van der Waals surface area contributed by atoms with E-state index in [1.54, 1.807) is 0 Å². The highest BCUT2D eigenvalue weighted by Gasteiger charge is 2.53. The molecule has 0 spiro atoms. The van der Waals surface area contributed by atoms with Gasteiger partial charge in [0.05, 0.1) is 26.4 Å². The quantitative estimate of drug-likeness (QED) is 0.106. The fourth-order valence-electron chi connectivity index (χ4n) is 5.43. The van der Waals surface area contributed by atoms with Gasteiger partial charge < -0.3 is 23.5 Å². The highest BCUT2D eigenvalue weighted by Crippen LogP contribution is 2.59. The van der Waals surface area contributed by atoms with E-state index in [2.05, 4.69) is 0 Å². The molecule has 1 heterocycles. The minimum atomic E-state index is -3.49. The van der Waals surface area contributed by atoms with Gasteiger partial charge in [0.1, 0.15) is 30.3 Å². The Morgan fingerprint density at radius 2 is 1.09 bits per heavy atom. The summed E-state index contributed by atoms with van der Waals surface area (Å²) in [4.78, 5) is 12.7. The highest BCUT2D eigenvalue weighted by atomic mass is 31.2. The van der Waals surface area contributed by atoms with Gasteiger partial charge in [0.2, 0.25) is 7.37 Å². The number of carbonyl (C=O) groups is 1. The maximum atomic E-state index is 14.6. The Hall–Kier alpha value is -3.38. The molecule has 1 aliphatic rings. The molecule has 0 aliphatic carbocycles. The molecule has 7 heteroatoms. The first-order chi connectivity index (χ1) is 21.1. The summed E-state index contributed by atoms with van der Waals surface area (Å²) in [6, 6.07) is 39.5. The van der Waals surface area contributed by atoms with Crippen molar-refractivity contribution >= 4 is 13.7 Å². The molecule has 0 saturated carbocycles. The number of carbonyl (C=O) groups excluding carboxylic acids is 1. The van der Waals surface area contributed by atoms with Crippen LogP contribution in [0.25, 0.3) is 0 Å². The summed E-state index contributed by atoms with van der Waals surface area (Å²) in [7, 11) is -3.49. The summed E-state index contributed by atoms with van der Waals surface area (Å²) in [6.45, 7) is 1.06. The zero-order valence-electron chi connectivity index (χ0n) is 24.3. The second-order valence-corrected chi connectivity index (χ2v) is 13.5. The van der Waals surface area contributed by atoms with Crippen molar-refractivity contribution in [1.82, 2.24) is 0 Å². The largest absolute Gasteiger partial charge is 0.374 e. The fraction of sp³-hybridized carbons (Fsp3) is 0.306. The standard InChI is InChI=1S/C36H39O6P/c37-24-34-36(41-27-32-20-11-4-12-21-32)35(40-26-31-18-9-3-10-19-31)33(28-39-25-30-16-7-2-8-17-30)42-43(34,38)23-13-22-29-14-5-1-6-15-29/h1-12,14-21,24,33-36H,13,22-23,25-28H2/t33-,34?,35-,36-,43?/m1/s1. The van der Waals surface area contributed by atoms with E-state index in [-0.39, 0.29) is 19.4 Å². The van der Waals surface area contributed by atoms with E-state index in [1.165, 1.54) is 0 Å². The van der Waals surface area contributed by atoms with Crippen LogP contribution in [-0.2, 0) is 54.3 Å². The van der Waals surface area contributed by atoms with Crippen LogP contribution in [0.5, 0.6) is 0 Å². The molecule has 224 valence electrons. The van der Waals surface area contributed by atoms with Gasteiger partial charge in [-0.25, -0.2) is 0 Å². The van der Waals surface area contributed by atoms with Gasteiger partial charge in [-0.15, -0.1) is 0 Å². The normalized spacial score (nSPS) is 23.5. The van der Waals surface area contributed by atoms with Gasteiger partial charge in [0.15, 0.2) is 0 Å². The number of ether oxygens (including phenoxy) is 3. The second-order valence-electron chi connectivity index (χ2n) is 10.8. The van der Waals surface area contributed by atoms with Crippen molar-refractivity contribution in [3.8, 4) is 0 Å². The molecular formula is C36H39O6P. The van der Waals surface area contributed by atoms with E-state index in [1.807, 2.05) is 121 Å². The van der Waals surface area contributed by atoms with Crippen LogP contribution in [0.2, 0.25) is 0 Å². The van der Waals surface area contributed by atoms with Crippen molar-refractivity contribution in [3.05, 3.63) is 144 Å². The summed E-state index contributed by atoms with van der Waals surface area (Å²) in [6.07, 6.45) is 0.222. The number of benzene rings is 4. The monoisotopic (exact) mass is 598 g/mol. The molecule has 2 unspecified atom stereocenters. The minimum Gasteiger partial charge on any atom is -0.374 e. The van der Waals surface area contributed by atoms with Gasteiger partial charge in [-0.05, 0) is 35.1 Å². The van der Waals surface area contributed by atoms with Crippen molar-refractivity contribution in [2.45, 2.75) is 56.6 Å². The van der Waals surface area contributed by atoms with Gasteiger partial charge in [0.25, 0.3) is 0 Å². The average Bonchev–Trinajstić information content (AvgIpc) is 3.05. The van der Waals surface area contributed by atoms with Crippen LogP contribution in [0.3, 0.4) is 0 Å². The van der Waals surface area contributed by atoms with Crippen LogP contribution < -0.4 is 0 Å². The molecule has 0 radical (unpaired) electrons. The van der Waals surface area contributed by atoms with E-state index >= 15 is 0 Å². The molecule has 1 aliphatic heterocycles. The third-order valence-corrected chi connectivity index (χ3v) is 10.6. The zero-order valence-corrected chi connectivity index (χ0v) is 25.2. The topological polar surface area (TPSA) is 71.1 Å². The van der Waals surface area contributed by atoms with E-state index in [9.17, 15) is 9.36 Å². The molecule has 43 heavy (non-hydrogen) atoms. The molecule has 4 aromatic rings. The number of hydrogen-bond acceptors (Lipinski definition) is 6. The van der Waals surface area contributed by atoms with Gasteiger partial charge in [0, 0.05) is 6.16 Å². The molecule has 0 aromatic heterocycles. The van der Waals surface area contributed by atoms with Gasteiger partial charge in [-0.1, -0.05) is 121 Å². The van der Waals surface area contributed by atoms with Crippen LogP contribution in [-0.4, -0.2) is 43.0 Å². The van der Waals surface area contributed by atoms with Gasteiger partial charge in [-0.3, -0.25) is 4.57 Å². The first-order valence-electron chi connectivity index (χ1n) is 14.8. The van der Waals surface area contributed by atoms with E-state index < -0.39 is 31.3 Å². The number of rotatable bonds is 15. The Morgan fingerprint density at radius 3 is 1.60 bits per heavy atom. The smallest absolute Gasteiger partial charge is 0.216 e. The van der Waals surface area contributed by atoms with E-state index in [0.29, 0.717) is 19.6 Å². The Bertz CT molecular complexity index is 1420. The van der Waals surface area contributed by atoms with Crippen LogP contribution in [0.1, 0.15) is 28.7 Å². The van der Waals surface area contributed by atoms with Crippen molar-refractivity contribution in [2.75, 3.05) is 12.8 Å². The molecule has 0 amide bonds. The lowest BCUT2D eigenvalue weighted by Gasteiger charge is -2.44. The van der Waals surface area contributed by atoms with E-state index in [4.69, 9.17) is 18.7 Å². The molecule has 0 N–H and O–H groups in total. The SMILES string of the molecule is O=CC1[C@@H](OCc2ccccc2)[C@H](OCc2ccccc2)[C@@H](COCc2ccccc2)OP1(=O)CCCc1ccccc1. The summed E-state index contributed by atoms with van der Waals surface area (Å²) in [5, 5.41) is 0. The maximum absolute atomic E-state index is 14.6. The van der Waals surface area contributed by atoms with Crippen LogP contribution in [0.4, 0.5) is 0 Å². The summed E-state index contributed by atoms with van der Waals surface area (Å²) in [5.41, 5.74) is 3.15. The third kappa shape index (κ3) is 8.82. The molecule has 1 fully saturated rings. The lowest BCUT2D eigenvalue weighted by Crippen LogP contribution is -2.55. The molecule has 0 bridgehead atoms. The predicted molar refractivity (Wildman–Crippen MR) is 168 cm³/mol. The lowest BCUT2D eigenvalue weighted by atomic mass is 10.0. The van der Waals surface area contributed by atoms with Crippen molar-refractivity contribution in [2.24, 2.45) is 0 Å². The summed E-state index contributed by atoms with van der Waals surface area (Å²) < 4.78 is 40.1. The lowest BCUT2D eigenvalue weighted by molar-refractivity contribution is -0.156. The minimum absolute atomic E-state index is 0.147. The van der Waals surface area contributed by atoms with Crippen molar-refractivity contribution in [3.63, 3.8) is 0 Å². The Kier molecular flexibility index (Phi) is 11.5. The molecule has 4 aromatic carbocycles. The van der Waals surface area contributed by atoms with Crippen LogP contribution >= 0.6 is 7.37 Å². The maximum Gasteiger partial charge on any atom is 0.216 e. The summed E-state index contributed by atoms with van der Waals surface area (Å²) in [5.74, 6) is 0. The third-order valence-electron chi connectivity index (χ3n) is 7.68. The Balaban J connectivity index is 1.39. The molecule has 1 saturated heterocycles. The first-order valence-corrected chi connectivity index (χ1v) is 16.7. The van der Waals surface area contributed by atoms with Crippen LogP contribution in [0, 0.1) is 0 Å². The molecule has 6 nitrogen and oxygen atoms in total. The first kappa shape index (κ1) is 31.1. The predicted octanol–water partition coefficient (Wildman–Crippen LogP) is 7.25. The van der Waals surface area contributed by atoms with E-state index in [0.717, 1.165) is 35.0 Å². The fourth-order valence-corrected chi connectivity index (χ4v) is 8.10. The average molecular weight is 599 g/mol. The summed E-state index contributed by atoms with van der Waals surface area (Å²) >= 11 is 0.